The molecule has 17 heavy (non-hydrogen) atoms. The minimum atomic E-state index is -0.846. The maximum absolute atomic E-state index is 13.9. The van der Waals surface area contributed by atoms with Crippen molar-refractivity contribution >= 4 is 17.5 Å². The first-order valence-corrected chi connectivity index (χ1v) is 5.94. The number of hydrogen-bond donors (Lipinski definition) is 0. The third-order valence-electron chi connectivity index (χ3n) is 2.45. The normalized spacial score (nSPS) is 11.4. The molecule has 0 aliphatic heterocycles. The average molecular weight is 258 g/mol. The Balaban J connectivity index is 3.13. The summed E-state index contributed by atoms with van der Waals surface area (Å²) in [4.78, 5) is 12.0. The van der Waals surface area contributed by atoms with Gasteiger partial charge in [-0.25, -0.2) is 0 Å². The number of benzene rings is 1. The predicted molar refractivity (Wildman–Crippen MR) is 67.9 cm³/mol. The standard InChI is InChI=1S/C13H17ClFNO/c1-5-9-8-10(14)6-7-11(9)12(17)16(15)13(2,3)4/h6-8H,5H2,1-4H3. The van der Waals surface area contributed by atoms with E-state index in [2.05, 4.69) is 0 Å². The molecular weight excluding hydrogens is 241 g/mol. The molecule has 0 aliphatic carbocycles. The minimum absolute atomic E-state index is 0.259. The van der Waals surface area contributed by atoms with Gasteiger partial charge in [0.15, 0.2) is 0 Å². The monoisotopic (exact) mass is 257 g/mol. The van der Waals surface area contributed by atoms with Crippen LogP contribution in [0.1, 0.15) is 43.6 Å². The van der Waals surface area contributed by atoms with Crippen molar-refractivity contribution in [1.82, 2.24) is 5.12 Å². The van der Waals surface area contributed by atoms with Crippen molar-refractivity contribution in [3.63, 3.8) is 0 Å². The van der Waals surface area contributed by atoms with Gasteiger partial charge in [-0.1, -0.05) is 23.0 Å². The van der Waals surface area contributed by atoms with Gasteiger partial charge in [-0.15, -0.1) is 0 Å². The quantitative estimate of drug-likeness (QED) is 0.733. The van der Waals surface area contributed by atoms with Gasteiger partial charge in [-0.05, 0) is 51.0 Å². The van der Waals surface area contributed by atoms with Crippen LogP contribution in [0, 0.1) is 0 Å². The summed E-state index contributed by atoms with van der Waals surface area (Å²) in [6.07, 6.45) is 0.639. The Hall–Kier alpha value is -1.09. The smallest absolute Gasteiger partial charge is 0.266 e. The van der Waals surface area contributed by atoms with Crippen LogP contribution in [-0.4, -0.2) is 16.6 Å². The molecule has 1 aromatic rings. The molecule has 0 aliphatic rings. The van der Waals surface area contributed by atoms with E-state index in [-0.39, 0.29) is 5.12 Å². The van der Waals surface area contributed by atoms with Gasteiger partial charge in [0.05, 0.1) is 5.54 Å². The van der Waals surface area contributed by atoms with E-state index < -0.39 is 11.4 Å². The van der Waals surface area contributed by atoms with E-state index in [0.29, 0.717) is 17.0 Å². The Kier molecular flexibility index (Phi) is 4.15. The summed E-state index contributed by atoms with van der Waals surface area (Å²) in [6, 6.07) is 4.87. The van der Waals surface area contributed by atoms with Gasteiger partial charge < -0.3 is 0 Å². The van der Waals surface area contributed by atoms with Gasteiger partial charge in [0, 0.05) is 10.6 Å². The van der Waals surface area contributed by atoms with Crippen LogP contribution >= 0.6 is 11.6 Å². The fourth-order valence-electron chi connectivity index (χ4n) is 1.47. The Morgan fingerprint density at radius 2 is 2.00 bits per heavy atom. The van der Waals surface area contributed by atoms with Crippen molar-refractivity contribution in [3.05, 3.63) is 34.3 Å². The van der Waals surface area contributed by atoms with Crippen molar-refractivity contribution < 1.29 is 9.28 Å². The van der Waals surface area contributed by atoms with Crippen molar-refractivity contribution in [2.45, 2.75) is 39.7 Å². The van der Waals surface area contributed by atoms with Gasteiger partial charge in [0.25, 0.3) is 5.91 Å². The molecule has 0 bridgehead atoms. The molecular formula is C13H17ClFNO. The van der Waals surface area contributed by atoms with E-state index in [1.54, 1.807) is 39.0 Å². The van der Waals surface area contributed by atoms with Crippen LogP contribution in [0.25, 0.3) is 0 Å². The summed E-state index contributed by atoms with van der Waals surface area (Å²) in [5.74, 6) is -0.619. The molecule has 0 N–H and O–H groups in total. The van der Waals surface area contributed by atoms with Crippen molar-refractivity contribution in [3.8, 4) is 0 Å². The summed E-state index contributed by atoms with van der Waals surface area (Å²) in [5.41, 5.74) is 0.283. The number of nitrogens with zero attached hydrogens (tertiary/aromatic N) is 1. The number of halogens is 2. The van der Waals surface area contributed by atoms with Crippen LogP contribution in [-0.2, 0) is 6.42 Å². The van der Waals surface area contributed by atoms with Crippen molar-refractivity contribution in [1.29, 1.82) is 0 Å². The largest absolute Gasteiger partial charge is 0.282 e. The van der Waals surface area contributed by atoms with Crippen LogP contribution in [0.2, 0.25) is 5.02 Å². The molecule has 0 heterocycles. The lowest BCUT2D eigenvalue weighted by atomic mass is 10.0. The molecule has 94 valence electrons. The lowest BCUT2D eigenvalue weighted by Gasteiger charge is -2.27. The Bertz CT molecular complexity index is 426. The second-order valence-electron chi connectivity index (χ2n) is 4.91. The van der Waals surface area contributed by atoms with Gasteiger partial charge in [0.2, 0.25) is 0 Å². The van der Waals surface area contributed by atoms with Crippen LogP contribution in [0.4, 0.5) is 4.48 Å². The SMILES string of the molecule is CCc1cc(Cl)ccc1C(=O)N(F)C(C)(C)C. The zero-order valence-corrected chi connectivity index (χ0v) is 11.3. The van der Waals surface area contributed by atoms with E-state index in [1.165, 1.54) is 0 Å². The summed E-state index contributed by atoms with van der Waals surface area (Å²) in [6.45, 7) is 6.84. The molecule has 0 saturated heterocycles. The van der Waals surface area contributed by atoms with E-state index >= 15 is 0 Å². The number of aryl methyl sites for hydroxylation is 1. The third kappa shape index (κ3) is 3.19. The minimum Gasteiger partial charge on any atom is -0.266 e. The van der Waals surface area contributed by atoms with E-state index in [0.717, 1.165) is 5.56 Å². The van der Waals surface area contributed by atoms with Crippen LogP contribution in [0.15, 0.2) is 18.2 Å². The maximum atomic E-state index is 13.9. The molecule has 0 aromatic heterocycles. The van der Waals surface area contributed by atoms with Crippen molar-refractivity contribution in [2.75, 3.05) is 0 Å². The van der Waals surface area contributed by atoms with E-state index in [4.69, 9.17) is 11.6 Å². The van der Waals surface area contributed by atoms with Crippen molar-refractivity contribution in [2.24, 2.45) is 0 Å². The highest BCUT2D eigenvalue weighted by Gasteiger charge is 2.28. The first-order chi connectivity index (χ1) is 7.77. The highest BCUT2D eigenvalue weighted by atomic mass is 35.5. The Labute approximate surface area is 106 Å². The molecule has 1 rings (SSSR count). The first kappa shape index (κ1) is 14.0. The molecule has 0 spiro atoms. The lowest BCUT2D eigenvalue weighted by Crippen LogP contribution is -2.39. The van der Waals surface area contributed by atoms with Crippen LogP contribution in [0.3, 0.4) is 0 Å². The zero-order valence-electron chi connectivity index (χ0n) is 10.6. The van der Waals surface area contributed by atoms with Gasteiger partial charge >= 0.3 is 0 Å². The number of carbonyl (C=O) groups excluding carboxylic acids is 1. The zero-order chi connectivity index (χ0) is 13.2. The van der Waals surface area contributed by atoms with Gasteiger partial charge in [-0.2, -0.15) is 5.12 Å². The van der Waals surface area contributed by atoms with E-state index in [1.807, 2.05) is 6.92 Å². The fraction of sp³-hybridized carbons (Fsp3) is 0.462. The number of rotatable bonds is 2. The molecule has 2 nitrogen and oxygen atoms in total. The molecule has 0 unspecified atom stereocenters. The summed E-state index contributed by atoms with van der Waals surface area (Å²) >= 11 is 5.85. The summed E-state index contributed by atoms with van der Waals surface area (Å²) in [5, 5.41) is 0.814. The number of carbonyl (C=O) groups is 1. The number of hydrogen-bond acceptors (Lipinski definition) is 1. The number of amides is 1. The molecule has 1 aromatic carbocycles. The first-order valence-electron chi connectivity index (χ1n) is 5.56. The average Bonchev–Trinajstić information content (AvgIpc) is 2.25. The van der Waals surface area contributed by atoms with Gasteiger partial charge in [-0.3, -0.25) is 4.79 Å². The molecule has 0 saturated carbocycles. The van der Waals surface area contributed by atoms with Crippen LogP contribution in [0.5, 0.6) is 0 Å². The molecule has 0 fully saturated rings. The molecule has 4 heteroatoms. The maximum Gasteiger partial charge on any atom is 0.282 e. The lowest BCUT2D eigenvalue weighted by molar-refractivity contribution is -0.0322. The Morgan fingerprint density at radius 3 is 2.47 bits per heavy atom. The second kappa shape index (κ2) is 5.05. The molecule has 0 atom stereocenters. The van der Waals surface area contributed by atoms with Crippen LogP contribution < -0.4 is 0 Å². The highest BCUT2D eigenvalue weighted by Crippen LogP contribution is 2.22. The summed E-state index contributed by atoms with van der Waals surface area (Å²) < 4.78 is 13.9. The topological polar surface area (TPSA) is 20.3 Å². The molecule has 1 amide bonds. The molecule has 0 radical (unpaired) electrons. The third-order valence-corrected chi connectivity index (χ3v) is 2.68. The fourth-order valence-corrected chi connectivity index (χ4v) is 1.67. The van der Waals surface area contributed by atoms with Gasteiger partial charge in [0.1, 0.15) is 0 Å². The Morgan fingerprint density at radius 1 is 1.41 bits per heavy atom. The predicted octanol–water partition coefficient (Wildman–Crippen LogP) is 4.03. The van der Waals surface area contributed by atoms with E-state index in [9.17, 15) is 9.28 Å². The second-order valence-corrected chi connectivity index (χ2v) is 5.35. The highest BCUT2D eigenvalue weighted by molar-refractivity contribution is 6.30. The summed E-state index contributed by atoms with van der Waals surface area (Å²) in [7, 11) is 0.